The molecule has 4 rings (SSSR count). The third-order valence-corrected chi connectivity index (χ3v) is 7.63. The minimum absolute atomic E-state index is 0.00896. The summed E-state index contributed by atoms with van der Waals surface area (Å²) in [5.41, 5.74) is 0. The third-order valence-electron chi connectivity index (χ3n) is 5.75. The van der Waals surface area contributed by atoms with E-state index in [0.717, 1.165) is 18.0 Å². The van der Waals surface area contributed by atoms with Crippen molar-refractivity contribution in [2.24, 2.45) is 5.92 Å². The monoisotopic (exact) mass is 432 g/mol. The van der Waals surface area contributed by atoms with Crippen LogP contribution in [0.4, 0.5) is 10.2 Å². The highest BCUT2D eigenvalue weighted by Gasteiger charge is 2.35. The standard InChI is InChI=1S/C21H25FN4O3S/c22-18-6-8-19(9-7-18)30(28,29)26-11-3-4-17(16-26)21(27)25-14-12-24(13-15-25)20-5-1-2-10-23-20/h1-2,5-10,17H,3-4,11-16H2. The molecule has 2 aliphatic rings. The van der Waals surface area contributed by atoms with E-state index in [4.69, 9.17) is 0 Å². The van der Waals surface area contributed by atoms with E-state index in [1.165, 1.54) is 16.4 Å². The van der Waals surface area contributed by atoms with Crippen molar-refractivity contribution in [2.75, 3.05) is 44.2 Å². The zero-order valence-electron chi connectivity index (χ0n) is 16.7. The molecule has 1 aromatic heterocycles. The first-order valence-electron chi connectivity index (χ1n) is 10.2. The van der Waals surface area contributed by atoms with Gasteiger partial charge in [0.15, 0.2) is 0 Å². The number of rotatable bonds is 4. The van der Waals surface area contributed by atoms with E-state index < -0.39 is 15.8 Å². The fraction of sp³-hybridized carbons (Fsp3) is 0.429. The molecule has 0 bridgehead atoms. The van der Waals surface area contributed by atoms with Gasteiger partial charge in [0.25, 0.3) is 0 Å². The quantitative estimate of drug-likeness (QED) is 0.739. The van der Waals surface area contributed by atoms with Crippen molar-refractivity contribution in [1.29, 1.82) is 0 Å². The van der Waals surface area contributed by atoms with Crippen molar-refractivity contribution < 1.29 is 17.6 Å². The van der Waals surface area contributed by atoms with Crippen LogP contribution in [0.5, 0.6) is 0 Å². The lowest BCUT2D eigenvalue weighted by molar-refractivity contribution is -0.137. The van der Waals surface area contributed by atoms with Gasteiger partial charge in [-0.2, -0.15) is 4.31 Å². The fourth-order valence-electron chi connectivity index (χ4n) is 4.07. The summed E-state index contributed by atoms with van der Waals surface area (Å²) < 4.78 is 40.3. The maximum Gasteiger partial charge on any atom is 0.243 e. The number of halogens is 1. The first-order chi connectivity index (χ1) is 14.4. The van der Waals surface area contributed by atoms with Crippen LogP contribution in [0.3, 0.4) is 0 Å². The van der Waals surface area contributed by atoms with Crippen LogP contribution >= 0.6 is 0 Å². The molecule has 2 fully saturated rings. The maximum absolute atomic E-state index is 13.2. The van der Waals surface area contributed by atoms with Crippen LogP contribution in [-0.4, -0.2) is 67.8 Å². The van der Waals surface area contributed by atoms with E-state index >= 15 is 0 Å². The molecule has 1 amide bonds. The summed E-state index contributed by atoms with van der Waals surface area (Å²) in [5.74, 6) is 0.0781. The fourth-order valence-corrected chi connectivity index (χ4v) is 5.60. The van der Waals surface area contributed by atoms with E-state index in [-0.39, 0.29) is 23.3 Å². The van der Waals surface area contributed by atoms with E-state index in [9.17, 15) is 17.6 Å². The van der Waals surface area contributed by atoms with Crippen molar-refractivity contribution in [2.45, 2.75) is 17.7 Å². The lowest BCUT2D eigenvalue weighted by Crippen LogP contribution is -2.53. The second-order valence-corrected chi connectivity index (χ2v) is 9.59. The van der Waals surface area contributed by atoms with Crippen LogP contribution in [0.15, 0.2) is 53.6 Å². The Morgan fingerprint density at radius 1 is 1.00 bits per heavy atom. The molecule has 160 valence electrons. The molecular weight excluding hydrogens is 407 g/mol. The smallest absolute Gasteiger partial charge is 0.243 e. The molecule has 2 aromatic rings. The van der Waals surface area contributed by atoms with E-state index in [2.05, 4.69) is 9.88 Å². The molecule has 3 heterocycles. The Labute approximate surface area is 176 Å². The minimum atomic E-state index is -3.74. The number of carbonyl (C=O) groups is 1. The molecular formula is C21H25FN4O3S. The molecule has 1 aromatic carbocycles. The molecule has 2 aliphatic heterocycles. The van der Waals surface area contributed by atoms with Gasteiger partial charge in [-0.05, 0) is 49.2 Å². The summed E-state index contributed by atoms with van der Waals surface area (Å²) in [5, 5.41) is 0. The van der Waals surface area contributed by atoms with Crippen molar-refractivity contribution in [3.8, 4) is 0 Å². The van der Waals surface area contributed by atoms with Crippen LogP contribution in [0, 0.1) is 11.7 Å². The molecule has 30 heavy (non-hydrogen) atoms. The zero-order chi connectivity index (χ0) is 21.1. The third kappa shape index (κ3) is 4.32. The summed E-state index contributed by atoms with van der Waals surface area (Å²) in [6.45, 7) is 3.13. The molecule has 0 saturated carbocycles. The highest BCUT2D eigenvalue weighted by molar-refractivity contribution is 7.89. The summed E-state index contributed by atoms with van der Waals surface area (Å²) in [6, 6.07) is 10.6. The van der Waals surface area contributed by atoms with E-state index in [1.54, 1.807) is 6.20 Å². The molecule has 0 N–H and O–H groups in total. The van der Waals surface area contributed by atoms with Crippen LogP contribution in [0.25, 0.3) is 0 Å². The summed E-state index contributed by atoms with van der Waals surface area (Å²) in [6.07, 6.45) is 3.06. The number of piperazine rings is 1. The first-order valence-corrected chi connectivity index (χ1v) is 11.6. The Morgan fingerprint density at radius 2 is 1.73 bits per heavy atom. The Kier molecular flexibility index (Phi) is 6.01. The molecule has 0 spiro atoms. The zero-order valence-corrected chi connectivity index (χ0v) is 17.5. The molecule has 2 saturated heterocycles. The number of amides is 1. The topological polar surface area (TPSA) is 73.8 Å². The lowest BCUT2D eigenvalue weighted by atomic mass is 9.98. The highest BCUT2D eigenvalue weighted by Crippen LogP contribution is 2.26. The van der Waals surface area contributed by atoms with Crippen molar-refractivity contribution >= 4 is 21.7 Å². The van der Waals surface area contributed by atoms with Gasteiger partial charge in [0, 0.05) is 45.5 Å². The Hall–Kier alpha value is -2.52. The van der Waals surface area contributed by atoms with Crippen molar-refractivity contribution in [3.05, 3.63) is 54.5 Å². The molecule has 1 atom stereocenters. The average molecular weight is 433 g/mol. The van der Waals surface area contributed by atoms with Gasteiger partial charge in [0.2, 0.25) is 15.9 Å². The average Bonchev–Trinajstić information content (AvgIpc) is 2.80. The number of hydrogen-bond donors (Lipinski definition) is 0. The molecule has 0 aliphatic carbocycles. The highest BCUT2D eigenvalue weighted by atomic mass is 32.2. The Morgan fingerprint density at radius 3 is 2.40 bits per heavy atom. The number of hydrogen-bond acceptors (Lipinski definition) is 5. The molecule has 9 heteroatoms. The van der Waals surface area contributed by atoms with Gasteiger partial charge in [-0.25, -0.2) is 17.8 Å². The second-order valence-electron chi connectivity index (χ2n) is 7.66. The number of aromatic nitrogens is 1. The van der Waals surface area contributed by atoms with Gasteiger partial charge in [-0.15, -0.1) is 0 Å². The predicted molar refractivity (Wildman–Crippen MR) is 111 cm³/mol. The number of pyridine rings is 1. The van der Waals surface area contributed by atoms with Gasteiger partial charge < -0.3 is 9.80 Å². The number of benzene rings is 1. The minimum Gasteiger partial charge on any atom is -0.353 e. The van der Waals surface area contributed by atoms with Gasteiger partial charge in [0.05, 0.1) is 10.8 Å². The van der Waals surface area contributed by atoms with E-state index in [0.29, 0.717) is 45.6 Å². The molecule has 7 nitrogen and oxygen atoms in total. The molecule has 1 unspecified atom stereocenters. The largest absolute Gasteiger partial charge is 0.353 e. The lowest BCUT2D eigenvalue weighted by Gasteiger charge is -2.39. The van der Waals surface area contributed by atoms with Crippen LogP contribution < -0.4 is 4.90 Å². The summed E-state index contributed by atoms with van der Waals surface area (Å²) >= 11 is 0. The van der Waals surface area contributed by atoms with Gasteiger partial charge >= 0.3 is 0 Å². The number of piperidine rings is 1. The Balaban J connectivity index is 1.39. The maximum atomic E-state index is 13.2. The normalized spacial score (nSPS) is 20.9. The van der Waals surface area contributed by atoms with Gasteiger partial charge in [0.1, 0.15) is 11.6 Å². The molecule has 0 radical (unpaired) electrons. The van der Waals surface area contributed by atoms with Crippen LogP contribution in [-0.2, 0) is 14.8 Å². The van der Waals surface area contributed by atoms with Crippen LogP contribution in [0.2, 0.25) is 0 Å². The first kappa shape index (κ1) is 20.7. The second kappa shape index (κ2) is 8.69. The van der Waals surface area contributed by atoms with Crippen LogP contribution in [0.1, 0.15) is 12.8 Å². The van der Waals surface area contributed by atoms with Gasteiger partial charge in [-0.3, -0.25) is 4.79 Å². The number of nitrogens with zero attached hydrogens (tertiary/aromatic N) is 4. The number of sulfonamides is 1. The number of anilines is 1. The SMILES string of the molecule is O=C(C1CCCN(S(=O)(=O)c2ccc(F)cc2)C1)N1CCN(c2ccccn2)CC1. The van der Waals surface area contributed by atoms with Crippen molar-refractivity contribution in [3.63, 3.8) is 0 Å². The van der Waals surface area contributed by atoms with Gasteiger partial charge in [-0.1, -0.05) is 6.07 Å². The van der Waals surface area contributed by atoms with E-state index in [1.807, 2.05) is 23.1 Å². The van der Waals surface area contributed by atoms with Crippen molar-refractivity contribution in [1.82, 2.24) is 14.2 Å². The summed E-state index contributed by atoms with van der Waals surface area (Å²) in [4.78, 5) is 21.5. The predicted octanol–water partition coefficient (Wildman–Crippen LogP) is 1.97. The summed E-state index contributed by atoms with van der Waals surface area (Å²) in [7, 11) is -3.74. The number of carbonyl (C=O) groups excluding carboxylic acids is 1. The Bertz CT molecular complexity index is 977.